The summed E-state index contributed by atoms with van der Waals surface area (Å²) in [6.45, 7) is -0.644. The van der Waals surface area contributed by atoms with Gasteiger partial charge in [-0.05, 0) is 33.4 Å². The number of amides is 1. The Bertz CT molecular complexity index is 772. The molecule has 0 spiro atoms. The van der Waals surface area contributed by atoms with Crippen LogP contribution in [0.15, 0.2) is 34.1 Å². The number of esters is 1. The van der Waals surface area contributed by atoms with E-state index in [1.807, 2.05) is 0 Å². The predicted octanol–water partition coefficient (Wildman–Crippen LogP) is 3.93. The molecule has 1 heterocycles. The zero-order valence-electron chi connectivity index (χ0n) is 12.7. The second-order valence-electron chi connectivity index (χ2n) is 4.85. The van der Waals surface area contributed by atoms with E-state index in [1.54, 1.807) is 17.5 Å². The summed E-state index contributed by atoms with van der Waals surface area (Å²) in [6, 6.07) is 4.98. The first-order valence-corrected chi connectivity index (χ1v) is 8.71. The SMILES string of the molecule is O=C(COC(=O)CCC(=O)c1cccs1)Nc1c(F)cc(F)cc1Br. The second-order valence-corrected chi connectivity index (χ2v) is 6.66. The van der Waals surface area contributed by atoms with Crippen LogP contribution in [0.2, 0.25) is 0 Å². The van der Waals surface area contributed by atoms with Crippen LogP contribution < -0.4 is 5.32 Å². The van der Waals surface area contributed by atoms with Crippen LogP contribution in [0.3, 0.4) is 0 Å². The number of benzene rings is 1. The minimum Gasteiger partial charge on any atom is -0.456 e. The lowest BCUT2D eigenvalue weighted by Gasteiger charge is -2.09. The van der Waals surface area contributed by atoms with E-state index in [-0.39, 0.29) is 28.8 Å². The molecule has 0 aliphatic rings. The fourth-order valence-corrected chi connectivity index (χ4v) is 3.03. The molecule has 0 bridgehead atoms. The van der Waals surface area contributed by atoms with Gasteiger partial charge in [0.2, 0.25) is 0 Å². The number of halogens is 3. The number of hydrogen-bond donors (Lipinski definition) is 1. The lowest BCUT2D eigenvalue weighted by molar-refractivity contribution is -0.147. The van der Waals surface area contributed by atoms with Crippen LogP contribution in [0.25, 0.3) is 0 Å². The van der Waals surface area contributed by atoms with E-state index in [4.69, 9.17) is 4.74 Å². The number of thiophene rings is 1. The summed E-state index contributed by atoms with van der Waals surface area (Å²) in [4.78, 5) is 35.5. The molecule has 0 aliphatic carbocycles. The average molecular weight is 432 g/mol. The third kappa shape index (κ3) is 5.71. The van der Waals surface area contributed by atoms with Gasteiger partial charge in [0.25, 0.3) is 5.91 Å². The van der Waals surface area contributed by atoms with Crippen molar-refractivity contribution >= 4 is 50.6 Å². The number of carbonyl (C=O) groups excluding carboxylic acids is 3. The fourth-order valence-electron chi connectivity index (χ4n) is 1.83. The average Bonchev–Trinajstić information content (AvgIpc) is 3.08. The van der Waals surface area contributed by atoms with Gasteiger partial charge in [-0.2, -0.15) is 0 Å². The maximum absolute atomic E-state index is 13.6. The van der Waals surface area contributed by atoms with E-state index >= 15 is 0 Å². The van der Waals surface area contributed by atoms with Crippen molar-refractivity contribution in [3.63, 3.8) is 0 Å². The highest BCUT2D eigenvalue weighted by molar-refractivity contribution is 9.10. The third-order valence-corrected chi connectivity index (χ3v) is 4.52. The first-order chi connectivity index (χ1) is 11.9. The molecule has 1 aromatic heterocycles. The van der Waals surface area contributed by atoms with E-state index in [2.05, 4.69) is 21.2 Å². The van der Waals surface area contributed by atoms with Crippen molar-refractivity contribution in [2.45, 2.75) is 12.8 Å². The van der Waals surface area contributed by atoms with E-state index in [0.29, 0.717) is 10.9 Å². The molecule has 1 N–H and O–H groups in total. The molecule has 0 unspecified atom stereocenters. The van der Waals surface area contributed by atoms with Crippen molar-refractivity contribution in [2.24, 2.45) is 0 Å². The molecule has 132 valence electrons. The summed E-state index contributed by atoms with van der Waals surface area (Å²) >= 11 is 4.20. The Kier molecular flexibility index (Phi) is 6.77. The largest absolute Gasteiger partial charge is 0.456 e. The number of Topliss-reactive ketones (excluding diaryl/α,β-unsaturated/α-hetero) is 1. The molecule has 1 amide bonds. The van der Waals surface area contributed by atoms with Gasteiger partial charge >= 0.3 is 5.97 Å². The monoisotopic (exact) mass is 431 g/mol. The van der Waals surface area contributed by atoms with Crippen LogP contribution >= 0.6 is 27.3 Å². The first-order valence-electron chi connectivity index (χ1n) is 7.03. The Morgan fingerprint density at radius 3 is 2.60 bits per heavy atom. The molecule has 5 nitrogen and oxygen atoms in total. The van der Waals surface area contributed by atoms with Crippen LogP contribution in [-0.2, 0) is 14.3 Å². The molecule has 0 saturated carbocycles. The van der Waals surface area contributed by atoms with Gasteiger partial charge in [0.05, 0.1) is 17.0 Å². The van der Waals surface area contributed by atoms with Crippen molar-refractivity contribution in [3.8, 4) is 0 Å². The standard InChI is InChI=1S/C16H12BrF2NO4S/c17-10-6-9(18)7-11(19)16(10)20-14(22)8-24-15(23)4-3-12(21)13-2-1-5-25-13/h1-2,5-7H,3-4,8H2,(H,20,22). The summed E-state index contributed by atoms with van der Waals surface area (Å²) in [5, 5.41) is 3.93. The number of rotatable bonds is 7. The smallest absolute Gasteiger partial charge is 0.306 e. The van der Waals surface area contributed by atoms with Gasteiger partial charge in [0.1, 0.15) is 5.82 Å². The first kappa shape index (κ1) is 19.2. The lowest BCUT2D eigenvalue weighted by atomic mass is 10.2. The normalized spacial score (nSPS) is 10.4. The van der Waals surface area contributed by atoms with Gasteiger partial charge in [0, 0.05) is 17.0 Å². The number of nitrogens with one attached hydrogen (secondary N) is 1. The van der Waals surface area contributed by atoms with Gasteiger partial charge in [0.15, 0.2) is 18.2 Å². The van der Waals surface area contributed by atoms with Crippen molar-refractivity contribution in [1.29, 1.82) is 0 Å². The number of anilines is 1. The third-order valence-electron chi connectivity index (χ3n) is 2.99. The minimum absolute atomic E-state index is 0.0196. The molecule has 0 aliphatic heterocycles. The van der Waals surface area contributed by atoms with E-state index in [1.165, 1.54) is 11.3 Å². The summed E-state index contributed by atoms with van der Waals surface area (Å²) in [5.41, 5.74) is -0.254. The van der Waals surface area contributed by atoms with Gasteiger partial charge < -0.3 is 10.1 Å². The maximum Gasteiger partial charge on any atom is 0.306 e. The topological polar surface area (TPSA) is 72.5 Å². The molecule has 2 rings (SSSR count). The summed E-state index contributed by atoms with van der Waals surface area (Å²) in [6.07, 6.45) is -0.197. The Morgan fingerprint density at radius 1 is 1.20 bits per heavy atom. The van der Waals surface area contributed by atoms with Crippen molar-refractivity contribution in [3.05, 3.63) is 50.6 Å². The van der Waals surface area contributed by atoms with Gasteiger partial charge in [-0.25, -0.2) is 8.78 Å². The van der Waals surface area contributed by atoms with Crippen molar-refractivity contribution in [2.75, 3.05) is 11.9 Å². The molecular formula is C16H12BrF2NO4S. The lowest BCUT2D eigenvalue weighted by Crippen LogP contribution is -2.22. The molecule has 9 heteroatoms. The highest BCUT2D eigenvalue weighted by Gasteiger charge is 2.15. The summed E-state index contributed by atoms with van der Waals surface area (Å²) < 4.78 is 31.3. The van der Waals surface area contributed by atoms with Crippen LogP contribution in [-0.4, -0.2) is 24.3 Å². The summed E-state index contributed by atoms with van der Waals surface area (Å²) in [7, 11) is 0. The number of carbonyl (C=O) groups is 3. The Hall–Kier alpha value is -2.13. The van der Waals surface area contributed by atoms with Crippen LogP contribution in [0.4, 0.5) is 14.5 Å². The second kappa shape index (κ2) is 8.82. The number of ether oxygens (including phenoxy) is 1. The highest BCUT2D eigenvalue weighted by Crippen LogP contribution is 2.26. The number of ketones is 1. The van der Waals surface area contributed by atoms with Crippen LogP contribution in [0, 0.1) is 11.6 Å². The maximum atomic E-state index is 13.6. The van der Waals surface area contributed by atoms with Crippen LogP contribution in [0.5, 0.6) is 0 Å². The highest BCUT2D eigenvalue weighted by atomic mass is 79.9. The minimum atomic E-state index is -0.965. The van der Waals surface area contributed by atoms with E-state index < -0.39 is 30.1 Å². The summed E-state index contributed by atoms with van der Waals surface area (Å²) in [5.74, 6) is -3.46. The Labute approximate surface area is 154 Å². The molecule has 0 radical (unpaired) electrons. The molecule has 25 heavy (non-hydrogen) atoms. The quantitative estimate of drug-likeness (QED) is 0.532. The zero-order valence-corrected chi connectivity index (χ0v) is 15.1. The zero-order chi connectivity index (χ0) is 18.4. The van der Waals surface area contributed by atoms with Crippen LogP contribution in [0.1, 0.15) is 22.5 Å². The molecular weight excluding hydrogens is 420 g/mol. The van der Waals surface area contributed by atoms with E-state index in [9.17, 15) is 23.2 Å². The molecule has 2 aromatic rings. The number of hydrogen-bond acceptors (Lipinski definition) is 5. The van der Waals surface area contributed by atoms with Crippen molar-refractivity contribution < 1.29 is 27.9 Å². The molecule has 0 saturated heterocycles. The Balaban J connectivity index is 1.78. The molecule has 0 fully saturated rings. The fraction of sp³-hybridized carbons (Fsp3) is 0.188. The predicted molar refractivity (Wildman–Crippen MR) is 91.5 cm³/mol. The van der Waals surface area contributed by atoms with Gasteiger partial charge in [-0.15, -0.1) is 11.3 Å². The molecule has 0 atom stereocenters. The molecule has 1 aromatic carbocycles. The van der Waals surface area contributed by atoms with Gasteiger partial charge in [-0.1, -0.05) is 6.07 Å². The Morgan fingerprint density at radius 2 is 1.96 bits per heavy atom. The van der Waals surface area contributed by atoms with E-state index in [0.717, 1.165) is 6.07 Å². The van der Waals surface area contributed by atoms with Crippen molar-refractivity contribution in [1.82, 2.24) is 0 Å². The van der Waals surface area contributed by atoms with Gasteiger partial charge in [-0.3, -0.25) is 14.4 Å².